The Hall–Kier alpha value is -1.20. The van der Waals surface area contributed by atoms with E-state index >= 15 is 0 Å². The Balaban J connectivity index is 3.23. The van der Waals surface area contributed by atoms with Crippen molar-refractivity contribution < 1.29 is 13.2 Å². The molecule has 0 aliphatic rings. The van der Waals surface area contributed by atoms with Gasteiger partial charge in [0.25, 0.3) is 0 Å². The van der Waals surface area contributed by atoms with E-state index in [1.54, 1.807) is 26.1 Å². The monoisotopic (exact) mass is 311 g/mol. The van der Waals surface area contributed by atoms with E-state index in [9.17, 15) is 13.2 Å². The minimum absolute atomic E-state index is 0.0569. The van der Waals surface area contributed by atoms with Crippen molar-refractivity contribution in [1.29, 1.82) is 0 Å². The number of hydrogen-bond donors (Lipinski definition) is 0. The number of Topliss-reactive ketones (excluding diaryl/α,β-unsaturated/α-hetero) is 1. The van der Waals surface area contributed by atoms with Crippen molar-refractivity contribution in [2.45, 2.75) is 52.0 Å². The van der Waals surface area contributed by atoms with Crippen LogP contribution < -0.4 is 0 Å². The smallest absolute Gasteiger partial charge is 0.243 e. The SMILES string of the molecule is CCC(=O)c1cccc(S(=O)(=O)N(C)C(C)C(C)(C)C)c1. The van der Waals surface area contributed by atoms with Crippen molar-refractivity contribution in [3.8, 4) is 0 Å². The lowest BCUT2D eigenvalue weighted by Gasteiger charge is -2.34. The van der Waals surface area contributed by atoms with E-state index in [0.717, 1.165) is 0 Å². The van der Waals surface area contributed by atoms with Gasteiger partial charge in [-0.15, -0.1) is 0 Å². The highest BCUT2D eigenvalue weighted by atomic mass is 32.2. The number of nitrogens with zero attached hydrogens (tertiary/aromatic N) is 1. The third-order valence-corrected chi connectivity index (χ3v) is 5.88. The second kappa shape index (κ2) is 6.28. The van der Waals surface area contributed by atoms with Gasteiger partial charge in [-0.05, 0) is 24.5 Å². The molecule has 4 nitrogen and oxygen atoms in total. The van der Waals surface area contributed by atoms with Gasteiger partial charge in [-0.25, -0.2) is 8.42 Å². The van der Waals surface area contributed by atoms with E-state index in [1.165, 1.54) is 16.4 Å². The fourth-order valence-corrected chi connectivity index (χ4v) is 3.55. The number of hydrogen-bond acceptors (Lipinski definition) is 3. The maximum Gasteiger partial charge on any atom is 0.243 e. The first-order chi connectivity index (χ1) is 9.51. The van der Waals surface area contributed by atoms with Crippen LogP contribution in [-0.2, 0) is 10.0 Å². The first-order valence-electron chi connectivity index (χ1n) is 7.13. The minimum atomic E-state index is -3.60. The molecule has 21 heavy (non-hydrogen) atoms. The van der Waals surface area contributed by atoms with Crippen LogP contribution in [0.15, 0.2) is 29.2 Å². The standard InChI is InChI=1S/C16H25NO3S/c1-7-15(18)13-9-8-10-14(11-13)21(19,20)17(6)12(2)16(3,4)5/h8-12H,7H2,1-6H3. The summed E-state index contributed by atoms with van der Waals surface area (Å²) >= 11 is 0. The molecule has 118 valence electrons. The molecule has 0 aromatic heterocycles. The highest BCUT2D eigenvalue weighted by molar-refractivity contribution is 7.89. The van der Waals surface area contributed by atoms with Crippen LogP contribution >= 0.6 is 0 Å². The molecule has 1 aromatic carbocycles. The molecular weight excluding hydrogens is 286 g/mol. The van der Waals surface area contributed by atoms with Crippen LogP contribution in [-0.4, -0.2) is 31.6 Å². The van der Waals surface area contributed by atoms with Crippen LogP contribution in [0.1, 0.15) is 51.4 Å². The molecule has 0 fully saturated rings. The number of benzene rings is 1. The van der Waals surface area contributed by atoms with Gasteiger partial charge >= 0.3 is 0 Å². The topological polar surface area (TPSA) is 54.5 Å². The van der Waals surface area contributed by atoms with Gasteiger partial charge in [-0.1, -0.05) is 39.8 Å². The molecule has 0 amide bonds. The van der Waals surface area contributed by atoms with E-state index in [-0.39, 0.29) is 22.1 Å². The van der Waals surface area contributed by atoms with E-state index in [0.29, 0.717) is 12.0 Å². The van der Waals surface area contributed by atoms with Crippen molar-refractivity contribution in [3.63, 3.8) is 0 Å². The fourth-order valence-electron chi connectivity index (χ4n) is 1.95. The molecule has 5 heteroatoms. The van der Waals surface area contributed by atoms with Crippen molar-refractivity contribution in [3.05, 3.63) is 29.8 Å². The van der Waals surface area contributed by atoms with Gasteiger partial charge in [0.2, 0.25) is 10.0 Å². The predicted molar refractivity (Wildman–Crippen MR) is 84.9 cm³/mol. The maximum absolute atomic E-state index is 12.7. The third kappa shape index (κ3) is 3.92. The molecule has 1 unspecified atom stereocenters. The molecule has 0 aliphatic carbocycles. The summed E-state index contributed by atoms with van der Waals surface area (Å²) in [5, 5.41) is 0. The summed E-state index contributed by atoms with van der Waals surface area (Å²) in [5.74, 6) is -0.0569. The van der Waals surface area contributed by atoms with E-state index in [2.05, 4.69) is 0 Å². The predicted octanol–water partition coefficient (Wildman–Crippen LogP) is 3.33. The second-order valence-electron chi connectivity index (χ2n) is 6.37. The van der Waals surface area contributed by atoms with Crippen molar-refractivity contribution >= 4 is 15.8 Å². The second-order valence-corrected chi connectivity index (χ2v) is 8.37. The molecule has 1 aromatic rings. The first-order valence-corrected chi connectivity index (χ1v) is 8.57. The van der Waals surface area contributed by atoms with Gasteiger partial charge in [-0.3, -0.25) is 4.79 Å². The summed E-state index contributed by atoms with van der Waals surface area (Å²) in [5.41, 5.74) is 0.272. The normalized spacial score (nSPS) is 14.2. The van der Waals surface area contributed by atoms with Crippen molar-refractivity contribution in [1.82, 2.24) is 4.31 Å². The van der Waals surface area contributed by atoms with Crippen LogP contribution in [0.4, 0.5) is 0 Å². The zero-order chi connectivity index (χ0) is 16.4. The molecule has 0 bridgehead atoms. The summed E-state index contributed by atoms with van der Waals surface area (Å²) < 4.78 is 26.8. The molecule has 0 heterocycles. The summed E-state index contributed by atoms with van der Waals surface area (Å²) in [6.45, 7) is 9.65. The lowest BCUT2D eigenvalue weighted by atomic mass is 9.88. The van der Waals surface area contributed by atoms with E-state index in [1.807, 2.05) is 27.7 Å². The Morgan fingerprint density at radius 3 is 2.33 bits per heavy atom. The Bertz CT molecular complexity index is 615. The van der Waals surface area contributed by atoms with Crippen molar-refractivity contribution in [2.24, 2.45) is 5.41 Å². The minimum Gasteiger partial charge on any atom is -0.294 e. The summed E-state index contributed by atoms with van der Waals surface area (Å²) in [4.78, 5) is 11.9. The molecule has 0 N–H and O–H groups in total. The molecule has 0 saturated heterocycles. The number of sulfonamides is 1. The third-order valence-electron chi connectivity index (χ3n) is 3.95. The zero-order valence-corrected chi connectivity index (χ0v) is 14.5. The lowest BCUT2D eigenvalue weighted by Crippen LogP contribution is -2.42. The lowest BCUT2D eigenvalue weighted by molar-refractivity contribution is 0.0988. The molecule has 0 radical (unpaired) electrons. The Kier molecular flexibility index (Phi) is 5.34. The molecule has 0 aliphatic heterocycles. The van der Waals surface area contributed by atoms with Gasteiger partial charge < -0.3 is 0 Å². The first kappa shape index (κ1) is 17.9. The van der Waals surface area contributed by atoms with Crippen LogP contribution in [0.5, 0.6) is 0 Å². The van der Waals surface area contributed by atoms with Gasteiger partial charge in [0, 0.05) is 25.1 Å². The summed E-state index contributed by atoms with van der Waals surface area (Å²) in [6.07, 6.45) is 0.359. The molecule has 1 rings (SSSR count). The van der Waals surface area contributed by atoms with Crippen LogP contribution in [0.3, 0.4) is 0 Å². The Labute approximate surface area is 128 Å². The van der Waals surface area contributed by atoms with E-state index < -0.39 is 10.0 Å². The quantitative estimate of drug-likeness (QED) is 0.784. The molecule has 1 atom stereocenters. The van der Waals surface area contributed by atoms with Gasteiger partial charge in [0.1, 0.15) is 0 Å². The fraction of sp³-hybridized carbons (Fsp3) is 0.562. The maximum atomic E-state index is 12.7. The number of ketones is 1. The zero-order valence-electron chi connectivity index (χ0n) is 13.7. The van der Waals surface area contributed by atoms with Gasteiger partial charge in [0.05, 0.1) is 4.90 Å². The number of carbonyl (C=O) groups excluding carboxylic acids is 1. The molecular formula is C16H25NO3S. The number of carbonyl (C=O) groups is 1. The van der Waals surface area contributed by atoms with Crippen LogP contribution in [0.25, 0.3) is 0 Å². The van der Waals surface area contributed by atoms with Crippen molar-refractivity contribution in [2.75, 3.05) is 7.05 Å². The van der Waals surface area contributed by atoms with Crippen LogP contribution in [0, 0.1) is 5.41 Å². The summed E-state index contributed by atoms with van der Waals surface area (Å²) in [6, 6.07) is 6.11. The largest absolute Gasteiger partial charge is 0.294 e. The Morgan fingerprint density at radius 1 is 1.29 bits per heavy atom. The summed E-state index contributed by atoms with van der Waals surface area (Å²) in [7, 11) is -2.02. The number of rotatable bonds is 5. The Morgan fingerprint density at radius 2 is 1.86 bits per heavy atom. The van der Waals surface area contributed by atoms with Gasteiger partial charge in [0.15, 0.2) is 5.78 Å². The average molecular weight is 311 g/mol. The molecule has 0 saturated carbocycles. The highest BCUT2D eigenvalue weighted by Gasteiger charge is 2.32. The average Bonchev–Trinajstić information content (AvgIpc) is 2.43. The highest BCUT2D eigenvalue weighted by Crippen LogP contribution is 2.27. The molecule has 0 spiro atoms. The van der Waals surface area contributed by atoms with E-state index in [4.69, 9.17) is 0 Å². The van der Waals surface area contributed by atoms with Gasteiger partial charge in [-0.2, -0.15) is 4.31 Å². The van der Waals surface area contributed by atoms with Crippen LogP contribution in [0.2, 0.25) is 0 Å².